The van der Waals surface area contributed by atoms with Crippen LogP contribution in [-0.2, 0) is 9.84 Å². The van der Waals surface area contributed by atoms with Crippen molar-refractivity contribution in [3.05, 3.63) is 0 Å². The maximum Gasteiger partial charge on any atom is 0.240 e. The largest absolute Gasteiger partial charge is 0.367 e. The number of rotatable bonds is 1. The molecule has 1 aromatic heterocycles. The summed E-state index contributed by atoms with van der Waals surface area (Å²) in [6.07, 6.45) is 0.539. The van der Waals surface area contributed by atoms with E-state index in [1.54, 1.807) is 0 Å². The van der Waals surface area contributed by atoms with E-state index >= 15 is 0 Å². The number of hydrogen-bond acceptors (Lipinski definition) is 6. The predicted octanol–water partition coefficient (Wildman–Crippen LogP) is -1.39. The van der Waals surface area contributed by atoms with Crippen LogP contribution in [-0.4, -0.2) is 40.1 Å². The van der Waals surface area contributed by atoms with Crippen molar-refractivity contribution in [3.8, 4) is 0 Å². The lowest BCUT2D eigenvalue weighted by Gasteiger charge is -2.06. The fraction of sp³-hybridized carbons (Fsp3) is 0.800. The number of nitrogen functional groups attached to an aromatic ring is 1. The molecule has 0 bridgehead atoms. The summed E-state index contributed by atoms with van der Waals surface area (Å²) in [6.45, 7) is 0. The summed E-state index contributed by atoms with van der Waals surface area (Å²) < 4.78 is 23.6. The van der Waals surface area contributed by atoms with E-state index in [-0.39, 0.29) is 23.5 Å². The van der Waals surface area contributed by atoms with Gasteiger partial charge in [-0.2, -0.15) is 0 Å². The van der Waals surface area contributed by atoms with Crippen molar-refractivity contribution in [2.24, 2.45) is 0 Å². The third-order valence-electron chi connectivity index (χ3n) is 2.07. The van der Waals surface area contributed by atoms with Crippen LogP contribution in [0.1, 0.15) is 12.5 Å². The van der Waals surface area contributed by atoms with Crippen LogP contribution in [0.4, 0.5) is 5.95 Å². The van der Waals surface area contributed by atoms with Crippen molar-refractivity contribution in [2.45, 2.75) is 12.5 Å². The Morgan fingerprint density at radius 1 is 1.54 bits per heavy atom. The molecule has 0 spiro atoms. The first kappa shape index (κ1) is 8.42. The molecule has 7 nitrogen and oxygen atoms in total. The average Bonchev–Trinajstić information content (AvgIpc) is 2.56. The van der Waals surface area contributed by atoms with E-state index in [0.29, 0.717) is 6.42 Å². The summed E-state index contributed by atoms with van der Waals surface area (Å²) in [4.78, 5) is 0. The maximum absolute atomic E-state index is 11.1. The molecule has 0 aromatic carbocycles. The molecule has 2 N–H and O–H groups in total. The van der Waals surface area contributed by atoms with Crippen molar-refractivity contribution < 1.29 is 8.42 Å². The van der Waals surface area contributed by atoms with Gasteiger partial charge >= 0.3 is 0 Å². The first-order valence-corrected chi connectivity index (χ1v) is 5.64. The summed E-state index contributed by atoms with van der Waals surface area (Å²) in [5.41, 5.74) is 5.44. The summed E-state index contributed by atoms with van der Waals surface area (Å²) in [7, 11) is -2.91. The van der Waals surface area contributed by atoms with Gasteiger partial charge in [0.2, 0.25) is 5.95 Å². The van der Waals surface area contributed by atoms with Gasteiger partial charge in [-0.25, -0.2) is 13.1 Å². The van der Waals surface area contributed by atoms with Crippen LogP contribution in [0.3, 0.4) is 0 Å². The number of sulfone groups is 1. The Labute approximate surface area is 74.8 Å². The number of aromatic nitrogens is 4. The minimum absolute atomic E-state index is 0.0856. The molecule has 1 aliphatic rings. The van der Waals surface area contributed by atoms with Crippen molar-refractivity contribution in [1.29, 1.82) is 0 Å². The summed E-state index contributed by atoms with van der Waals surface area (Å²) in [5, 5.41) is 10.5. The van der Waals surface area contributed by atoms with Gasteiger partial charge in [0.1, 0.15) is 0 Å². The summed E-state index contributed by atoms with van der Waals surface area (Å²) in [5.74, 6) is 0.446. The minimum atomic E-state index is -2.91. The molecular weight excluding hydrogens is 194 g/mol. The van der Waals surface area contributed by atoms with Crippen molar-refractivity contribution in [2.75, 3.05) is 17.2 Å². The van der Waals surface area contributed by atoms with Crippen LogP contribution in [0.5, 0.6) is 0 Å². The van der Waals surface area contributed by atoms with E-state index in [2.05, 4.69) is 15.5 Å². The topological polar surface area (TPSA) is 104 Å². The third-order valence-corrected chi connectivity index (χ3v) is 3.82. The second-order valence-corrected chi connectivity index (χ2v) is 5.27. The van der Waals surface area contributed by atoms with Crippen LogP contribution >= 0.6 is 0 Å². The highest BCUT2D eigenvalue weighted by Gasteiger charge is 2.31. The molecule has 1 aromatic rings. The van der Waals surface area contributed by atoms with Crippen molar-refractivity contribution >= 4 is 15.8 Å². The number of hydrogen-bond donors (Lipinski definition) is 1. The first-order chi connectivity index (χ1) is 6.08. The normalized spacial score (nSPS) is 26.3. The van der Waals surface area contributed by atoms with E-state index < -0.39 is 9.84 Å². The van der Waals surface area contributed by atoms with E-state index in [1.165, 1.54) is 4.68 Å². The molecule has 1 aliphatic heterocycles. The van der Waals surface area contributed by atoms with Crippen LogP contribution in [0, 0.1) is 0 Å². The molecule has 1 saturated heterocycles. The first-order valence-electron chi connectivity index (χ1n) is 3.82. The molecule has 8 heteroatoms. The van der Waals surface area contributed by atoms with Gasteiger partial charge in [-0.1, -0.05) is 5.10 Å². The molecule has 0 amide bonds. The highest BCUT2D eigenvalue weighted by atomic mass is 32.2. The number of nitrogens with zero attached hydrogens (tertiary/aromatic N) is 4. The maximum atomic E-state index is 11.1. The van der Waals surface area contributed by atoms with Crippen LogP contribution < -0.4 is 5.73 Å². The Bertz CT molecular complexity index is 410. The lowest BCUT2D eigenvalue weighted by molar-refractivity contribution is 0.491. The molecule has 0 radical (unpaired) electrons. The molecule has 13 heavy (non-hydrogen) atoms. The van der Waals surface area contributed by atoms with Gasteiger partial charge in [-0.3, -0.25) is 0 Å². The Morgan fingerprint density at radius 2 is 2.31 bits per heavy atom. The standard InChI is InChI=1S/C5H9N5O2S/c6-5-7-8-9-10(5)4-1-2-13(11,12)3-4/h4H,1-3H2,(H2,6,7,9). The van der Waals surface area contributed by atoms with Crippen LogP contribution in [0.15, 0.2) is 0 Å². The molecule has 1 unspecified atom stereocenters. The van der Waals surface area contributed by atoms with Gasteiger partial charge < -0.3 is 5.73 Å². The highest BCUT2D eigenvalue weighted by molar-refractivity contribution is 7.91. The fourth-order valence-electron chi connectivity index (χ4n) is 1.43. The van der Waals surface area contributed by atoms with Gasteiger partial charge in [0.25, 0.3) is 0 Å². The van der Waals surface area contributed by atoms with Gasteiger partial charge in [0, 0.05) is 0 Å². The smallest absolute Gasteiger partial charge is 0.240 e. The molecular formula is C5H9N5O2S. The zero-order chi connectivity index (χ0) is 9.47. The zero-order valence-corrected chi connectivity index (χ0v) is 7.61. The Morgan fingerprint density at radius 3 is 2.77 bits per heavy atom. The van der Waals surface area contributed by atoms with Crippen molar-refractivity contribution in [1.82, 2.24) is 20.2 Å². The SMILES string of the molecule is Nc1nnnn1C1CCS(=O)(=O)C1. The average molecular weight is 203 g/mol. The molecule has 1 atom stereocenters. The van der Waals surface area contributed by atoms with Gasteiger partial charge in [0.05, 0.1) is 17.5 Å². The third kappa shape index (κ3) is 1.48. The van der Waals surface area contributed by atoms with E-state index in [4.69, 9.17) is 5.73 Å². The van der Waals surface area contributed by atoms with Gasteiger partial charge in [0.15, 0.2) is 9.84 Å². The lowest BCUT2D eigenvalue weighted by Crippen LogP contribution is -2.14. The molecule has 2 heterocycles. The highest BCUT2D eigenvalue weighted by Crippen LogP contribution is 2.23. The molecule has 0 saturated carbocycles. The molecule has 72 valence electrons. The molecule has 2 rings (SSSR count). The van der Waals surface area contributed by atoms with Crippen LogP contribution in [0.25, 0.3) is 0 Å². The molecule has 0 aliphatic carbocycles. The number of nitrogens with two attached hydrogens (primary N) is 1. The Balaban J connectivity index is 2.26. The lowest BCUT2D eigenvalue weighted by atomic mass is 10.3. The Kier molecular flexibility index (Phi) is 1.72. The van der Waals surface area contributed by atoms with E-state index in [0.717, 1.165) is 0 Å². The Hall–Kier alpha value is -1.18. The summed E-state index contributed by atoms with van der Waals surface area (Å²) >= 11 is 0. The van der Waals surface area contributed by atoms with E-state index in [1.807, 2.05) is 0 Å². The minimum Gasteiger partial charge on any atom is -0.367 e. The fourth-order valence-corrected chi connectivity index (χ4v) is 3.12. The summed E-state index contributed by atoms with van der Waals surface area (Å²) in [6, 6.07) is -0.194. The zero-order valence-electron chi connectivity index (χ0n) is 6.79. The van der Waals surface area contributed by atoms with Crippen LogP contribution in [0.2, 0.25) is 0 Å². The quantitative estimate of drug-likeness (QED) is 0.603. The van der Waals surface area contributed by atoms with Crippen molar-refractivity contribution in [3.63, 3.8) is 0 Å². The number of anilines is 1. The predicted molar refractivity (Wildman–Crippen MR) is 44.5 cm³/mol. The second kappa shape index (κ2) is 2.66. The van der Waals surface area contributed by atoms with E-state index in [9.17, 15) is 8.42 Å². The number of tetrazole rings is 1. The second-order valence-electron chi connectivity index (χ2n) is 3.04. The van der Waals surface area contributed by atoms with Gasteiger partial charge in [-0.15, -0.1) is 0 Å². The monoisotopic (exact) mass is 203 g/mol. The molecule has 1 fully saturated rings. The van der Waals surface area contributed by atoms with Gasteiger partial charge in [-0.05, 0) is 16.8 Å².